The summed E-state index contributed by atoms with van der Waals surface area (Å²) in [6, 6.07) is 1.94. The average molecular weight is 529 g/mol. The molecule has 2 aromatic rings. The van der Waals surface area contributed by atoms with Crippen LogP contribution in [0.1, 0.15) is 71.1 Å². The molecule has 2 aromatic carbocycles. The van der Waals surface area contributed by atoms with E-state index in [1.54, 1.807) is 0 Å². The maximum absolute atomic E-state index is 14.9. The van der Waals surface area contributed by atoms with E-state index in [1.165, 1.54) is 24.8 Å². The highest BCUT2D eigenvalue weighted by Gasteiger charge is 2.44. The normalized spacial score (nSPS) is 22.6. The van der Waals surface area contributed by atoms with Gasteiger partial charge in [-0.1, -0.05) is 37.8 Å². The Bertz CT molecular complexity index is 1090. The van der Waals surface area contributed by atoms with Crippen molar-refractivity contribution in [2.75, 3.05) is 0 Å². The number of halogens is 7. The monoisotopic (exact) mass is 528 g/mol. The van der Waals surface area contributed by atoms with Gasteiger partial charge in [0.2, 0.25) is 0 Å². The fraction of sp³-hybridized carbons (Fsp3) is 0.517. The summed E-state index contributed by atoms with van der Waals surface area (Å²) in [5.74, 6) is -8.60. The minimum atomic E-state index is -3.65. The molecule has 0 saturated heterocycles. The molecule has 0 heterocycles. The van der Waals surface area contributed by atoms with Crippen LogP contribution < -0.4 is 4.74 Å². The average Bonchev–Trinajstić information content (AvgIpc) is 2.85. The van der Waals surface area contributed by atoms with E-state index in [2.05, 4.69) is 13.0 Å². The van der Waals surface area contributed by atoms with Crippen molar-refractivity contribution in [1.82, 2.24) is 0 Å². The second kappa shape index (κ2) is 11.5. The van der Waals surface area contributed by atoms with Crippen molar-refractivity contribution >= 4 is 0 Å². The number of alkyl halides is 2. The van der Waals surface area contributed by atoms with E-state index in [0.717, 1.165) is 19.3 Å². The van der Waals surface area contributed by atoms with Crippen LogP contribution in [0.5, 0.6) is 5.75 Å². The highest BCUT2D eigenvalue weighted by Crippen LogP contribution is 2.44. The number of unbranched alkanes of at least 4 members (excludes halogenated alkanes) is 1. The first-order valence-electron chi connectivity index (χ1n) is 13.0. The van der Waals surface area contributed by atoms with Crippen molar-refractivity contribution in [2.45, 2.75) is 77.2 Å². The maximum atomic E-state index is 14.9. The van der Waals surface area contributed by atoms with Crippen LogP contribution in [-0.2, 0) is 0 Å². The molecule has 37 heavy (non-hydrogen) atoms. The first-order valence-corrected chi connectivity index (χ1v) is 13.0. The molecule has 0 N–H and O–H groups in total. The molecule has 0 aromatic heterocycles. The zero-order chi connectivity index (χ0) is 26.7. The first kappa shape index (κ1) is 27.5. The van der Waals surface area contributed by atoms with Gasteiger partial charge in [-0.15, -0.1) is 0 Å². The second-order valence-corrected chi connectivity index (χ2v) is 10.3. The summed E-state index contributed by atoms with van der Waals surface area (Å²) in [5.41, 5.74) is -0.104. The lowest BCUT2D eigenvalue weighted by atomic mass is 9.73. The van der Waals surface area contributed by atoms with E-state index in [4.69, 9.17) is 4.74 Å². The third-order valence-electron chi connectivity index (χ3n) is 7.79. The predicted octanol–water partition coefficient (Wildman–Crippen LogP) is 9.74. The summed E-state index contributed by atoms with van der Waals surface area (Å²) < 4.78 is 104. The standard InChI is InChI=1S/C29H31F7O/c1-2-3-4-17-5-7-18(8-6-17)19-9-11-21(12-10-19)29(35,36)37-22-15-23(30)27(24(31)16-22)20-13-25(32)28(34)26(33)14-20/h7,13-17,19,21H,2-6,8-12H2,1H3. The molecule has 0 aliphatic heterocycles. The van der Waals surface area contributed by atoms with Crippen LogP contribution in [0.25, 0.3) is 11.1 Å². The SMILES string of the molecule is CCCCC1CC=C(C2CCC(C(F)(F)Oc3cc(F)c(-c4cc(F)c(F)c(F)c4)c(F)c3)CC2)CC1. The predicted molar refractivity (Wildman–Crippen MR) is 128 cm³/mol. The molecule has 2 aliphatic carbocycles. The van der Waals surface area contributed by atoms with Crippen molar-refractivity contribution in [3.05, 3.63) is 65.0 Å². The molecule has 8 heteroatoms. The molecule has 1 atom stereocenters. The van der Waals surface area contributed by atoms with Crippen LogP contribution in [0.15, 0.2) is 35.9 Å². The van der Waals surface area contributed by atoms with Gasteiger partial charge in [0, 0.05) is 12.1 Å². The Kier molecular flexibility index (Phi) is 8.54. The molecule has 0 bridgehead atoms. The van der Waals surface area contributed by atoms with Crippen molar-refractivity contribution in [3.8, 4) is 16.9 Å². The topological polar surface area (TPSA) is 9.23 Å². The fourth-order valence-electron chi connectivity index (χ4n) is 5.66. The molecule has 0 radical (unpaired) electrons. The number of hydrogen-bond acceptors (Lipinski definition) is 1. The minimum Gasteiger partial charge on any atom is -0.432 e. The number of hydrogen-bond donors (Lipinski definition) is 0. The highest BCUT2D eigenvalue weighted by atomic mass is 19.3. The molecule has 2 aliphatic rings. The van der Waals surface area contributed by atoms with Gasteiger partial charge in [-0.3, -0.25) is 0 Å². The van der Waals surface area contributed by atoms with Gasteiger partial charge in [-0.05, 0) is 74.5 Å². The maximum Gasteiger partial charge on any atom is 0.400 e. The summed E-state index contributed by atoms with van der Waals surface area (Å²) in [7, 11) is 0. The lowest BCUT2D eigenvalue weighted by molar-refractivity contribution is -0.223. The molecular weight excluding hydrogens is 497 g/mol. The van der Waals surface area contributed by atoms with Crippen molar-refractivity contribution in [2.24, 2.45) is 17.8 Å². The van der Waals surface area contributed by atoms with Crippen LogP contribution in [0.2, 0.25) is 0 Å². The van der Waals surface area contributed by atoms with E-state index in [0.29, 0.717) is 43.0 Å². The zero-order valence-electron chi connectivity index (χ0n) is 20.7. The Morgan fingerprint density at radius 3 is 2.00 bits per heavy atom. The van der Waals surface area contributed by atoms with Crippen LogP contribution in [0, 0.1) is 46.8 Å². The molecule has 1 saturated carbocycles. The van der Waals surface area contributed by atoms with Crippen LogP contribution in [-0.4, -0.2) is 6.11 Å². The molecule has 4 rings (SSSR count). The Morgan fingerprint density at radius 2 is 1.46 bits per heavy atom. The second-order valence-electron chi connectivity index (χ2n) is 10.3. The Morgan fingerprint density at radius 1 is 0.838 bits per heavy atom. The third-order valence-corrected chi connectivity index (χ3v) is 7.79. The third kappa shape index (κ3) is 6.32. The highest BCUT2D eigenvalue weighted by molar-refractivity contribution is 5.66. The largest absolute Gasteiger partial charge is 0.432 e. The lowest BCUT2D eigenvalue weighted by Crippen LogP contribution is -2.37. The van der Waals surface area contributed by atoms with E-state index >= 15 is 0 Å². The quantitative estimate of drug-likeness (QED) is 0.188. The molecule has 1 unspecified atom stereocenters. The van der Waals surface area contributed by atoms with Crippen molar-refractivity contribution in [1.29, 1.82) is 0 Å². The smallest absolute Gasteiger partial charge is 0.400 e. The van der Waals surface area contributed by atoms with Gasteiger partial charge in [0.15, 0.2) is 17.5 Å². The number of benzene rings is 2. The van der Waals surface area contributed by atoms with Gasteiger partial charge in [0.05, 0.1) is 11.5 Å². The summed E-state index contributed by atoms with van der Waals surface area (Å²) in [4.78, 5) is 0. The molecule has 0 spiro atoms. The Hall–Kier alpha value is -2.51. The van der Waals surface area contributed by atoms with E-state index in [9.17, 15) is 30.7 Å². The number of rotatable bonds is 8. The van der Waals surface area contributed by atoms with Gasteiger partial charge in [0.25, 0.3) is 0 Å². The van der Waals surface area contributed by atoms with Gasteiger partial charge >= 0.3 is 6.11 Å². The van der Waals surface area contributed by atoms with Crippen molar-refractivity contribution < 1.29 is 35.5 Å². The Labute approximate surface area is 212 Å². The number of ether oxygens (including phenoxy) is 1. The van der Waals surface area contributed by atoms with Gasteiger partial charge in [-0.25, -0.2) is 22.0 Å². The van der Waals surface area contributed by atoms with Gasteiger partial charge in [-0.2, -0.15) is 8.78 Å². The van der Waals surface area contributed by atoms with Crippen LogP contribution in [0.4, 0.5) is 30.7 Å². The summed E-state index contributed by atoms with van der Waals surface area (Å²) in [6.45, 7) is 2.18. The summed E-state index contributed by atoms with van der Waals surface area (Å²) in [6.07, 6.45) is 7.20. The summed E-state index contributed by atoms with van der Waals surface area (Å²) >= 11 is 0. The molecule has 1 nitrogen and oxygen atoms in total. The molecular formula is C29H31F7O. The summed E-state index contributed by atoms with van der Waals surface area (Å²) in [5, 5.41) is 0. The number of allylic oxidation sites excluding steroid dienone is 2. The lowest BCUT2D eigenvalue weighted by Gasteiger charge is -2.35. The van der Waals surface area contributed by atoms with Crippen LogP contribution in [0.3, 0.4) is 0 Å². The Balaban J connectivity index is 1.39. The minimum absolute atomic E-state index is 0.228. The van der Waals surface area contributed by atoms with E-state index < -0.39 is 58.0 Å². The molecule has 0 amide bonds. The van der Waals surface area contributed by atoms with Gasteiger partial charge < -0.3 is 4.74 Å². The molecule has 1 fully saturated rings. The molecule has 202 valence electrons. The van der Waals surface area contributed by atoms with Crippen LogP contribution >= 0.6 is 0 Å². The van der Waals surface area contributed by atoms with E-state index in [-0.39, 0.29) is 18.8 Å². The first-order chi connectivity index (χ1) is 17.6. The zero-order valence-corrected chi connectivity index (χ0v) is 20.7. The fourth-order valence-corrected chi connectivity index (χ4v) is 5.66. The van der Waals surface area contributed by atoms with Crippen molar-refractivity contribution in [3.63, 3.8) is 0 Å². The van der Waals surface area contributed by atoms with E-state index in [1.807, 2.05) is 0 Å². The van der Waals surface area contributed by atoms with Gasteiger partial charge in [0.1, 0.15) is 17.4 Å².